The predicted octanol–water partition coefficient (Wildman–Crippen LogP) is 4.35. The molecule has 7 heteroatoms. The zero-order valence-electron chi connectivity index (χ0n) is 18.8. The maximum atomic E-state index is 12.5. The monoisotopic (exact) mass is 413 g/mol. The Labute approximate surface area is 178 Å². The molecule has 7 nitrogen and oxygen atoms in total. The van der Waals surface area contributed by atoms with Crippen molar-refractivity contribution in [2.45, 2.75) is 52.9 Å². The lowest BCUT2D eigenvalue weighted by Crippen LogP contribution is -2.29. The number of anilines is 1. The van der Waals surface area contributed by atoms with Crippen molar-refractivity contribution in [2.24, 2.45) is 0 Å². The first-order chi connectivity index (χ1) is 14.1. The zero-order chi connectivity index (χ0) is 22.5. The van der Waals surface area contributed by atoms with Crippen molar-refractivity contribution in [3.63, 3.8) is 0 Å². The minimum atomic E-state index is -0.920. The second kappa shape index (κ2) is 9.71. The molecule has 0 saturated heterocycles. The number of aryl methyl sites for hydroxylation is 1. The average molecular weight is 414 g/mol. The molecule has 2 N–H and O–H groups in total. The van der Waals surface area contributed by atoms with E-state index in [0.717, 1.165) is 16.9 Å². The molecule has 2 aromatic rings. The number of hydrogen-bond donors (Lipinski definition) is 2. The highest BCUT2D eigenvalue weighted by Gasteiger charge is 2.32. The van der Waals surface area contributed by atoms with Crippen molar-refractivity contribution in [2.75, 3.05) is 19.5 Å². The molecule has 162 valence electrons. The highest BCUT2D eigenvalue weighted by atomic mass is 16.6. The minimum Gasteiger partial charge on any atom is -0.497 e. The van der Waals surface area contributed by atoms with Gasteiger partial charge in [-0.2, -0.15) is 0 Å². The molecule has 1 unspecified atom stereocenters. The van der Waals surface area contributed by atoms with E-state index in [1.165, 1.54) is 13.3 Å². The molecule has 0 aliphatic rings. The number of rotatable bonds is 8. The molecule has 1 atom stereocenters. The van der Waals surface area contributed by atoms with Gasteiger partial charge in [0.25, 0.3) is 0 Å². The van der Waals surface area contributed by atoms with Crippen LogP contribution < -0.4 is 10.1 Å². The topological polar surface area (TPSA) is 93.5 Å². The van der Waals surface area contributed by atoms with Crippen LogP contribution in [-0.2, 0) is 20.8 Å². The number of nitrogens with one attached hydrogen (secondary N) is 2. The standard InChI is InChI=1S/C23H31N3O4/c1-14-18(12-24)21(25-13-16-8-10-17(28-6)11-9-16)26-15(2)19(14)20(22(27)29-7)30-23(3,4)5/h8-12,20,24H,13H2,1-7H3,(H,25,26). The van der Waals surface area contributed by atoms with Gasteiger partial charge in [0.2, 0.25) is 0 Å². The molecule has 0 bridgehead atoms. The first-order valence-electron chi connectivity index (χ1n) is 9.75. The third kappa shape index (κ3) is 5.57. The Hall–Kier alpha value is -2.93. The van der Waals surface area contributed by atoms with Crippen LogP contribution in [0.25, 0.3) is 0 Å². The summed E-state index contributed by atoms with van der Waals surface area (Å²) in [5.41, 5.74) is 3.13. The number of esters is 1. The molecular formula is C23H31N3O4. The maximum Gasteiger partial charge on any atom is 0.339 e. The SMILES string of the molecule is COC(=O)C(OC(C)(C)C)c1c(C)nc(NCc2ccc(OC)cc2)c(C=N)c1C. The maximum absolute atomic E-state index is 12.5. The molecule has 0 spiro atoms. The smallest absolute Gasteiger partial charge is 0.339 e. The van der Waals surface area contributed by atoms with Crippen molar-refractivity contribution in [3.05, 3.63) is 52.2 Å². The Balaban J connectivity index is 2.40. The zero-order valence-corrected chi connectivity index (χ0v) is 18.8. The number of aromatic nitrogens is 1. The molecule has 0 amide bonds. The summed E-state index contributed by atoms with van der Waals surface area (Å²) in [6, 6.07) is 7.72. The Morgan fingerprint density at radius 3 is 2.33 bits per heavy atom. The molecule has 0 radical (unpaired) electrons. The first-order valence-corrected chi connectivity index (χ1v) is 9.75. The molecule has 0 aliphatic carbocycles. The molecule has 2 rings (SSSR count). The van der Waals surface area contributed by atoms with Gasteiger partial charge in [-0.3, -0.25) is 0 Å². The first kappa shape index (κ1) is 23.3. The summed E-state index contributed by atoms with van der Waals surface area (Å²) in [7, 11) is 2.97. The third-order valence-corrected chi connectivity index (χ3v) is 4.64. The Morgan fingerprint density at radius 2 is 1.83 bits per heavy atom. The summed E-state index contributed by atoms with van der Waals surface area (Å²) in [5.74, 6) is 0.882. The number of pyridine rings is 1. The van der Waals surface area contributed by atoms with E-state index < -0.39 is 17.7 Å². The number of benzene rings is 1. The van der Waals surface area contributed by atoms with E-state index in [1.54, 1.807) is 7.11 Å². The number of carbonyl (C=O) groups is 1. The van der Waals surface area contributed by atoms with Crippen LogP contribution in [-0.4, -0.2) is 37.0 Å². The molecule has 0 saturated carbocycles. The number of ether oxygens (including phenoxy) is 3. The van der Waals surface area contributed by atoms with Crippen LogP contribution in [0, 0.1) is 19.3 Å². The van der Waals surface area contributed by atoms with E-state index in [0.29, 0.717) is 29.2 Å². The van der Waals surface area contributed by atoms with E-state index in [9.17, 15) is 4.79 Å². The summed E-state index contributed by atoms with van der Waals surface area (Å²) in [5, 5.41) is 11.2. The van der Waals surface area contributed by atoms with Gasteiger partial charge < -0.3 is 24.9 Å². The van der Waals surface area contributed by atoms with Crippen LogP contribution in [0.1, 0.15) is 54.8 Å². The van der Waals surface area contributed by atoms with Gasteiger partial charge in [0.1, 0.15) is 11.6 Å². The molecule has 1 aromatic carbocycles. The van der Waals surface area contributed by atoms with Crippen LogP contribution in [0.3, 0.4) is 0 Å². The molecule has 1 heterocycles. The van der Waals surface area contributed by atoms with Gasteiger partial charge >= 0.3 is 5.97 Å². The third-order valence-electron chi connectivity index (χ3n) is 4.64. The van der Waals surface area contributed by atoms with Crippen LogP contribution in [0.4, 0.5) is 5.82 Å². The van der Waals surface area contributed by atoms with E-state index in [1.807, 2.05) is 58.9 Å². The summed E-state index contributed by atoms with van der Waals surface area (Å²) in [6.45, 7) is 9.87. The van der Waals surface area contributed by atoms with E-state index >= 15 is 0 Å². The highest BCUT2D eigenvalue weighted by molar-refractivity contribution is 5.88. The Morgan fingerprint density at radius 1 is 1.20 bits per heavy atom. The lowest BCUT2D eigenvalue weighted by atomic mass is 9.96. The summed E-state index contributed by atoms with van der Waals surface area (Å²) in [4.78, 5) is 17.1. The van der Waals surface area contributed by atoms with Gasteiger partial charge in [0, 0.05) is 29.6 Å². The lowest BCUT2D eigenvalue weighted by Gasteiger charge is -2.28. The number of nitrogens with zero attached hydrogens (tertiary/aromatic N) is 1. The van der Waals surface area contributed by atoms with E-state index in [2.05, 4.69) is 10.3 Å². The van der Waals surface area contributed by atoms with Crippen LogP contribution >= 0.6 is 0 Å². The molecule has 0 aliphatic heterocycles. The van der Waals surface area contributed by atoms with Crippen molar-refractivity contribution >= 4 is 18.0 Å². The average Bonchev–Trinajstić information content (AvgIpc) is 2.70. The van der Waals surface area contributed by atoms with Gasteiger partial charge in [-0.15, -0.1) is 0 Å². The van der Waals surface area contributed by atoms with Crippen LogP contribution in [0.15, 0.2) is 24.3 Å². The van der Waals surface area contributed by atoms with Gasteiger partial charge in [0.15, 0.2) is 6.10 Å². The van der Waals surface area contributed by atoms with Crippen molar-refractivity contribution in [3.8, 4) is 5.75 Å². The second-order valence-electron chi connectivity index (χ2n) is 7.98. The lowest BCUT2D eigenvalue weighted by molar-refractivity contribution is -0.164. The van der Waals surface area contributed by atoms with Gasteiger partial charge in [-0.05, 0) is 57.9 Å². The molecule has 30 heavy (non-hydrogen) atoms. The Kier molecular flexibility index (Phi) is 7.56. The van der Waals surface area contributed by atoms with Crippen LogP contribution in [0.5, 0.6) is 5.75 Å². The summed E-state index contributed by atoms with van der Waals surface area (Å²) < 4.78 is 16.2. The fourth-order valence-corrected chi connectivity index (χ4v) is 3.19. The number of methoxy groups -OCH3 is 2. The second-order valence-corrected chi connectivity index (χ2v) is 7.98. The van der Waals surface area contributed by atoms with E-state index in [-0.39, 0.29) is 0 Å². The number of hydrogen-bond acceptors (Lipinski definition) is 7. The predicted molar refractivity (Wildman–Crippen MR) is 118 cm³/mol. The Bertz CT molecular complexity index is 902. The fourth-order valence-electron chi connectivity index (χ4n) is 3.19. The normalized spacial score (nSPS) is 12.2. The van der Waals surface area contributed by atoms with Crippen molar-refractivity contribution < 1.29 is 19.0 Å². The minimum absolute atomic E-state index is 0.493. The van der Waals surface area contributed by atoms with Gasteiger partial charge in [-0.1, -0.05) is 12.1 Å². The number of carbonyl (C=O) groups excluding carboxylic acids is 1. The van der Waals surface area contributed by atoms with Crippen molar-refractivity contribution in [1.82, 2.24) is 4.98 Å². The summed E-state index contributed by atoms with van der Waals surface area (Å²) in [6.07, 6.45) is 0.324. The fraction of sp³-hybridized carbons (Fsp3) is 0.435. The van der Waals surface area contributed by atoms with Crippen molar-refractivity contribution in [1.29, 1.82) is 5.41 Å². The summed E-state index contributed by atoms with van der Waals surface area (Å²) >= 11 is 0. The van der Waals surface area contributed by atoms with Gasteiger partial charge in [-0.25, -0.2) is 9.78 Å². The largest absolute Gasteiger partial charge is 0.497 e. The molecule has 0 fully saturated rings. The molecular weight excluding hydrogens is 382 g/mol. The van der Waals surface area contributed by atoms with Gasteiger partial charge in [0.05, 0.1) is 19.8 Å². The van der Waals surface area contributed by atoms with E-state index in [4.69, 9.17) is 19.6 Å². The van der Waals surface area contributed by atoms with Crippen LogP contribution in [0.2, 0.25) is 0 Å². The highest BCUT2D eigenvalue weighted by Crippen LogP contribution is 2.33. The molecule has 1 aromatic heterocycles. The quantitative estimate of drug-likeness (QED) is 0.494.